The van der Waals surface area contributed by atoms with Gasteiger partial charge in [0.15, 0.2) is 0 Å². The average molecular weight is 349 g/mol. The zero-order valence-corrected chi connectivity index (χ0v) is 14.4. The van der Waals surface area contributed by atoms with E-state index in [1.807, 2.05) is 49.4 Å². The molecule has 132 valence electrons. The topological polar surface area (TPSA) is 73.3 Å². The summed E-state index contributed by atoms with van der Waals surface area (Å²) in [5.41, 5.74) is 1.82. The van der Waals surface area contributed by atoms with Crippen molar-refractivity contribution < 1.29 is 14.3 Å². The smallest absolute Gasteiger partial charge is 0.274 e. The first kappa shape index (κ1) is 17.4. The number of anilines is 1. The Bertz CT molecular complexity index is 869. The molecule has 0 bridgehead atoms. The van der Waals surface area contributed by atoms with E-state index in [-0.39, 0.29) is 11.6 Å². The number of ether oxygens (including phenoxy) is 2. The number of amides is 1. The van der Waals surface area contributed by atoms with E-state index in [1.54, 1.807) is 12.1 Å². The number of carbonyl (C=O) groups is 1. The lowest BCUT2D eigenvalue weighted by Crippen LogP contribution is -2.15. The second-order valence-corrected chi connectivity index (χ2v) is 5.40. The van der Waals surface area contributed by atoms with Gasteiger partial charge in [-0.3, -0.25) is 4.79 Å². The second kappa shape index (κ2) is 8.62. The van der Waals surface area contributed by atoms with Crippen molar-refractivity contribution >= 4 is 11.6 Å². The summed E-state index contributed by atoms with van der Waals surface area (Å²) in [6, 6.07) is 18.5. The molecule has 0 radical (unpaired) electrons. The van der Waals surface area contributed by atoms with Gasteiger partial charge < -0.3 is 14.8 Å². The molecule has 0 aliphatic rings. The molecule has 0 saturated carbocycles. The van der Waals surface area contributed by atoms with Crippen LogP contribution in [0.4, 0.5) is 5.69 Å². The molecule has 2 aromatic carbocycles. The van der Waals surface area contributed by atoms with Crippen LogP contribution in [0.1, 0.15) is 23.0 Å². The quantitative estimate of drug-likeness (QED) is 0.704. The van der Waals surface area contributed by atoms with Crippen molar-refractivity contribution in [3.63, 3.8) is 0 Å². The van der Waals surface area contributed by atoms with Crippen molar-refractivity contribution in [3.8, 4) is 11.6 Å². The van der Waals surface area contributed by atoms with Gasteiger partial charge in [-0.05, 0) is 24.6 Å². The molecule has 1 N–H and O–H groups in total. The highest BCUT2D eigenvalue weighted by atomic mass is 16.5. The first-order valence-electron chi connectivity index (χ1n) is 8.28. The number of benzene rings is 2. The molecular formula is C20H19N3O3. The number of hydrogen-bond donors (Lipinski definition) is 1. The maximum atomic E-state index is 12.5. The molecule has 0 aliphatic heterocycles. The molecule has 0 spiro atoms. The first-order chi connectivity index (χ1) is 12.8. The van der Waals surface area contributed by atoms with Crippen molar-refractivity contribution in [3.05, 3.63) is 78.2 Å². The Morgan fingerprint density at radius 1 is 1.00 bits per heavy atom. The Balaban J connectivity index is 1.68. The maximum absolute atomic E-state index is 12.5. The van der Waals surface area contributed by atoms with Crippen LogP contribution in [0.3, 0.4) is 0 Å². The monoisotopic (exact) mass is 349 g/mol. The van der Waals surface area contributed by atoms with Crippen LogP contribution in [0, 0.1) is 0 Å². The minimum absolute atomic E-state index is 0.217. The largest absolute Gasteiger partial charge is 0.492 e. The first-order valence-corrected chi connectivity index (χ1v) is 8.28. The van der Waals surface area contributed by atoms with Crippen LogP contribution in [0.5, 0.6) is 11.6 Å². The van der Waals surface area contributed by atoms with Crippen LogP contribution < -0.4 is 14.8 Å². The Hall–Kier alpha value is -3.41. The minimum atomic E-state index is -0.357. The van der Waals surface area contributed by atoms with Crippen LogP contribution >= 0.6 is 0 Å². The number of rotatable bonds is 7. The van der Waals surface area contributed by atoms with Crippen molar-refractivity contribution in [1.29, 1.82) is 0 Å². The third-order valence-electron chi connectivity index (χ3n) is 3.54. The highest BCUT2D eigenvalue weighted by molar-refractivity contribution is 6.03. The van der Waals surface area contributed by atoms with Crippen LogP contribution in [-0.4, -0.2) is 22.5 Å². The van der Waals surface area contributed by atoms with Gasteiger partial charge in [-0.25, -0.2) is 9.97 Å². The molecule has 0 fully saturated rings. The van der Waals surface area contributed by atoms with Crippen LogP contribution in [-0.2, 0) is 6.61 Å². The molecule has 6 nitrogen and oxygen atoms in total. The lowest BCUT2D eigenvalue weighted by Gasteiger charge is -2.11. The molecule has 0 unspecified atom stereocenters. The minimum Gasteiger partial charge on any atom is -0.492 e. The summed E-state index contributed by atoms with van der Waals surface area (Å²) in [5.74, 6) is 0.592. The summed E-state index contributed by atoms with van der Waals surface area (Å²) in [6.07, 6.45) is 1.31. The van der Waals surface area contributed by atoms with Crippen LogP contribution in [0.25, 0.3) is 0 Å². The molecule has 0 saturated heterocycles. The maximum Gasteiger partial charge on any atom is 0.274 e. The van der Waals surface area contributed by atoms with E-state index < -0.39 is 0 Å². The Labute approximate surface area is 151 Å². The van der Waals surface area contributed by atoms with Gasteiger partial charge in [0.05, 0.1) is 12.3 Å². The van der Waals surface area contributed by atoms with E-state index in [4.69, 9.17) is 9.47 Å². The van der Waals surface area contributed by atoms with Gasteiger partial charge in [-0.2, -0.15) is 0 Å². The highest BCUT2D eigenvalue weighted by Crippen LogP contribution is 2.24. The standard InChI is InChI=1S/C20H19N3O3/c1-2-25-18-11-7-6-10-16(18)23-20(24)17-12-19(22-14-21-17)26-13-15-8-4-3-5-9-15/h3-12,14H,2,13H2,1H3,(H,23,24). The molecule has 0 aliphatic carbocycles. The molecule has 3 rings (SSSR count). The normalized spacial score (nSPS) is 10.2. The number of hydrogen-bond acceptors (Lipinski definition) is 5. The van der Waals surface area contributed by atoms with E-state index in [9.17, 15) is 4.79 Å². The summed E-state index contributed by atoms with van der Waals surface area (Å²) >= 11 is 0. The summed E-state index contributed by atoms with van der Waals surface area (Å²) in [4.78, 5) is 20.6. The zero-order chi connectivity index (χ0) is 18.2. The summed E-state index contributed by atoms with van der Waals surface area (Å²) < 4.78 is 11.2. The summed E-state index contributed by atoms with van der Waals surface area (Å²) in [6.45, 7) is 2.77. The van der Waals surface area contributed by atoms with Gasteiger partial charge in [0.1, 0.15) is 24.4 Å². The van der Waals surface area contributed by atoms with E-state index in [1.165, 1.54) is 12.4 Å². The molecule has 0 atom stereocenters. The second-order valence-electron chi connectivity index (χ2n) is 5.40. The van der Waals surface area contributed by atoms with Gasteiger partial charge in [-0.15, -0.1) is 0 Å². The average Bonchev–Trinajstić information content (AvgIpc) is 2.69. The van der Waals surface area contributed by atoms with Gasteiger partial charge in [0, 0.05) is 6.07 Å². The van der Waals surface area contributed by atoms with Crippen molar-refractivity contribution in [2.45, 2.75) is 13.5 Å². The number of nitrogens with zero attached hydrogens (tertiary/aromatic N) is 2. The number of carbonyl (C=O) groups excluding carboxylic acids is 1. The lowest BCUT2D eigenvalue weighted by atomic mass is 10.2. The fourth-order valence-electron chi connectivity index (χ4n) is 2.31. The molecule has 1 amide bonds. The Morgan fingerprint density at radius 3 is 2.58 bits per heavy atom. The van der Waals surface area contributed by atoms with E-state index in [2.05, 4.69) is 15.3 Å². The summed E-state index contributed by atoms with van der Waals surface area (Å²) in [7, 11) is 0. The van der Waals surface area contributed by atoms with E-state index >= 15 is 0 Å². The SMILES string of the molecule is CCOc1ccccc1NC(=O)c1cc(OCc2ccccc2)ncn1. The van der Waals surface area contributed by atoms with Crippen molar-refractivity contribution in [2.75, 3.05) is 11.9 Å². The van der Waals surface area contributed by atoms with Gasteiger partial charge in [-0.1, -0.05) is 42.5 Å². The highest BCUT2D eigenvalue weighted by Gasteiger charge is 2.12. The predicted molar refractivity (Wildman–Crippen MR) is 98.4 cm³/mol. The van der Waals surface area contributed by atoms with Crippen LogP contribution in [0.15, 0.2) is 67.0 Å². The van der Waals surface area contributed by atoms with Gasteiger partial charge in [0.2, 0.25) is 5.88 Å². The van der Waals surface area contributed by atoms with Gasteiger partial charge >= 0.3 is 0 Å². The molecule has 1 aromatic heterocycles. The third-order valence-corrected chi connectivity index (χ3v) is 3.54. The Kier molecular flexibility index (Phi) is 5.77. The van der Waals surface area contributed by atoms with Crippen molar-refractivity contribution in [1.82, 2.24) is 9.97 Å². The molecular weight excluding hydrogens is 330 g/mol. The molecule has 1 heterocycles. The lowest BCUT2D eigenvalue weighted by molar-refractivity contribution is 0.102. The fraction of sp³-hybridized carbons (Fsp3) is 0.150. The zero-order valence-electron chi connectivity index (χ0n) is 14.4. The van der Waals surface area contributed by atoms with Crippen LogP contribution in [0.2, 0.25) is 0 Å². The van der Waals surface area contributed by atoms with E-state index in [0.29, 0.717) is 30.5 Å². The fourth-order valence-corrected chi connectivity index (χ4v) is 2.31. The predicted octanol–water partition coefficient (Wildman–Crippen LogP) is 3.71. The summed E-state index contributed by atoms with van der Waals surface area (Å²) in [5, 5.41) is 2.80. The Morgan fingerprint density at radius 2 is 1.77 bits per heavy atom. The molecule has 3 aromatic rings. The van der Waals surface area contributed by atoms with Crippen molar-refractivity contribution in [2.24, 2.45) is 0 Å². The number of aromatic nitrogens is 2. The number of nitrogens with one attached hydrogen (secondary N) is 1. The molecule has 26 heavy (non-hydrogen) atoms. The molecule has 6 heteroatoms. The third kappa shape index (κ3) is 4.57. The number of para-hydroxylation sites is 2. The van der Waals surface area contributed by atoms with Gasteiger partial charge in [0.25, 0.3) is 5.91 Å². The van der Waals surface area contributed by atoms with E-state index in [0.717, 1.165) is 5.56 Å².